The van der Waals surface area contributed by atoms with Crippen molar-refractivity contribution in [3.8, 4) is 6.07 Å². The summed E-state index contributed by atoms with van der Waals surface area (Å²) >= 11 is 0. The van der Waals surface area contributed by atoms with E-state index in [9.17, 15) is 18.0 Å². The molecule has 1 amide bonds. The number of carbonyl (C=O) groups is 1. The van der Waals surface area contributed by atoms with Gasteiger partial charge in [-0.3, -0.25) is 4.79 Å². The number of hydrogen-bond donors (Lipinski definition) is 0. The minimum Gasteiger partial charge on any atom is -0.381 e. The van der Waals surface area contributed by atoms with Gasteiger partial charge in [-0.05, 0) is 44.4 Å². The Bertz CT molecular complexity index is 907. The van der Waals surface area contributed by atoms with Gasteiger partial charge in [0, 0.05) is 55.7 Å². The first-order chi connectivity index (χ1) is 15.8. The van der Waals surface area contributed by atoms with Gasteiger partial charge in [0.2, 0.25) is 5.91 Å². The molecule has 180 valence electrons. The summed E-state index contributed by atoms with van der Waals surface area (Å²) in [5, 5.41) is 9.12. The Morgan fingerprint density at radius 1 is 1.24 bits per heavy atom. The van der Waals surface area contributed by atoms with E-state index in [1.165, 1.54) is 12.5 Å². The molecule has 5 nitrogen and oxygen atoms in total. The van der Waals surface area contributed by atoms with Gasteiger partial charge in [0.15, 0.2) is 0 Å². The third kappa shape index (κ3) is 4.84. The monoisotopic (exact) mass is 463 g/mol. The molecule has 3 aliphatic rings. The number of ether oxygens (including phenoxy) is 1. The third-order valence-corrected chi connectivity index (χ3v) is 7.79. The number of likely N-dealkylation sites (tertiary alicyclic amines) is 1. The first kappa shape index (κ1) is 23.9. The fourth-order valence-electron chi connectivity index (χ4n) is 5.89. The normalized spacial score (nSPS) is 26.2. The first-order valence-electron chi connectivity index (χ1n) is 12.0. The average molecular weight is 464 g/mol. The van der Waals surface area contributed by atoms with Gasteiger partial charge in [-0.2, -0.15) is 18.4 Å². The zero-order chi connectivity index (χ0) is 23.6. The Morgan fingerprint density at radius 2 is 2.00 bits per heavy atom. The van der Waals surface area contributed by atoms with Gasteiger partial charge < -0.3 is 14.5 Å². The van der Waals surface area contributed by atoms with Crippen LogP contribution in [0.1, 0.15) is 56.6 Å². The summed E-state index contributed by atoms with van der Waals surface area (Å²) in [5.41, 5.74) is -0.982. The van der Waals surface area contributed by atoms with Gasteiger partial charge in [-0.15, -0.1) is 0 Å². The average Bonchev–Trinajstić information content (AvgIpc) is 3.21. The molecule has 1 saturated carbocycles. The zero-order valence-corrected chi connectivity index (χ0v) is 19.2. The lowest BCUT2D eigenvalue weighted by molar-refractivity contribution is -0.141. The number of nitriles is 1. The maximum Gasteiger partial charge on any atom is 0.417 e. The quantitative estimate of drug-likeness (QED) is 0.627. The Labute approximate surface area is 193 Å². The van der Waals surface area contributed by atoms with E-state index in [0.717, 1.165) is 38.2 Å². The molecule has 8 heteroatoms. The first-order valence-corrected chi connectivity index (χ1v) is 12.0. The number of piperidine rings is 1. The maximum absolute atomic E-state index is 13.5. The van der Waals surface area contributed by atoms with Crippen LogP contribution in [-0.4, -0.2) is 50.2 Å². The van der Waals surface area contributed by atoms with Crippen LogP contribution in [0, 0.1) is 28.6 Å². The Morgan fingerprint density at radius 3 is 2.67 bits per heavy atom. The van der Waals surface area contributed by atoms with Crippen LogP contribution in [0.5, 0.6) is 0 Å². The van der Waals surface area contributed by atoms with E-state index >= 15 is 0 Å². The van der Waals surface area contributed by atoms with Gasteiger partial charge in [-0.1, -0.05) is 19.3 Å². The second-order valence-corrected chi connectivity index (χ2v) is 9.79. The highest BCUT2D eigenvalue weighted by molar-refractivity contribution is 5.79. The summed E-state index contributed by atoms with van der Waals surface area (Å²) in [6.07, 6.45) is 1.54. The third-order valence-electron chi connectivity index (χ3n) is 7.79. The van der Waals surface area contributed by atoms with Crippen LogP contribution in [0.2, 0.25) is 0 Å². The Kier molecular flexibility index (Phi) is 6.90. The number of alkyl halides is 3. The van der Waals surface area contributed by atoms with Crippen LogP contribution in [0.25, 0.3) is 0 Å². The molecule has 2 heterocycles. The maximum atomic E-state index is 13.5. The van der Waals surface area contributed by atoms with Gasteiger partial charge in [0.05, 0.1) is 23.8 Å². The van der Waals surface area contributed by atoms with E-state index in [1.54, 1.807) is 12.1 Å². The molecular formula is C25H32F3N3O2. The minimum atomic E-state index is -4.58. The summed E-state index contributed by atoms with van der Waals surface area (Å²) in [6.45, 7) is 5.52. The largest absolute Gasteiger partial charge is 0.417 e. The molecule has 0 spiro atoms. The molecule has 0 bridgehead atoms. The van der Waals surface area contributed by atoms with E-state index < -0.39 is 11.7 Å². The van der Waals surface area contributed by atoms with E-state index in [-0.39, 0.29) is 28.7 Å². The number of anilines is 1. The highest BCUT2D eigenvalue weighted by atomic mass is 19.4. The number of carbonyl (C=O) groups excluding carboxylic acids is 1. The van der Waals surface area contributed by atoms with Crippen LogP contribution < -0.4 is 4.90 Å². The molecule has 2 saturated heterocycles. The van der Waals surface area contributed by atoms with Crippen molar-refractivity contribution in [1.82, 2.24) is 4.90 Å². The van der Waals surface area contributed by atoms with E-state index in [2.05, 4.69) is 0 Å². The lowest BCUT2D eigenvalue weighted by atomic mass is 9.72. The Hall–Kier alpha value is -2.27. The van der Waals surface area contributed by atoms with Crippen LogP contribution >= 0.6 is 0 Å². The van der Waals surface area contributed by atoms with E-state index in [0.29, 0.717) is 45.1 Å². The number of nitrogens with zero attached hydrogens (tertiary/aromatic N) is 3. The Balaban J connectivity index is 1.56. The van der Waals surface area contributed by atoms with Crippen molar-refractivity contribution in [3.63, 3.8) is 0 Å². The van der Waals surface area contributed by atoms with Crippen molar-refractivity contribution in [2.45, 2.75) is 51.6 Å². The van der Waals surface area contributed by atoms with Crippen molar-refractivity contribution in [2.24, 2.45) is 17.3 Å². The summed E-state index contributed by atoms with van der Waals surface area (Å²) in [5.74, 6) is 0.495. The molecule has 2 aliphatic heterocycles. The summed E-state index contributed by atoms with van der Waals surface area (Å²) < 4.78 is 46.4. The molecule has 3 fully saturated rings. The van der Waals surface area contributed by atoms with Crippen molar-refractivity contribution in [3.05, 3.63) is 29.3 Å². The molecule has 0 aromatic heterocycles. The molecule has 2 atom stereocenters. The number of fused-ring (bicyclic) bond motifs is 1. The van der Waals surface area contributed by atoms with Crippen molar-refractivity contribution in [1.29, 1.82) is 5.26 Å². The van der Waals surface area contributed by atoms with Crippen LogP contribution in [0.4, 0.5) is 18.9 Å². The summed E-state index contributed by atoms with van der Waals surface area (Å²) in [6, 6.07) is 5.60. The van der Waals surface area contributed by atoms with Crippen LogP contribution in [0.3, 0.4) is 0 Å². The molecule has 0 N–H and O–H groups in total. The van der Waals surface area contributed by atoms with Crippen molar-refractivity contribution in [2.75, 3.05) is 44.3 Å². The number of benzene rings is 1. The highest BCUT2D eigenvalue weighted by Crippen LogP contribution is 2.46. The number of amides is 1. The number of halogens is 3. The molecule has 0 radical (unpaired) electrons. The second-order valence-electron chi connectivity index (χ2n) is 9.79. The topological polar surface area (TPSA) is 56.6 Å². The lowest BCUT2D eigenvalue weighted by Gasteiger charge is -2.44. The number of rotatable bonds is 5. The smallest absolute Gasteiger partial charge is 0.381 e. The van der Waals surface area contributed by atoms with Crippen molar-refractivity contribution < 1.29 is 22.7 Å². The molecule has 0 unspecified atom stereocenters. The van der Waals surface area contributed by atoms with Crippen LogP contribution in [-0.2, 0) is 15.7 Å². The minimum absolute atomic E-state index is 0.114. The molecule has 1 aromatic carbocycles. The molecular weight excluding hydrogens is 431 g/mol. The predicted octanol–water partition coefficient (Wildman–Crippen LogP) is 4.85. The fourth-order valence-corrected chi connectivity index (χ4v) is 5.89. The SMILES string of the molecule is CCOC[C@@]12CCN(C(=O)C3CCCCC3)C[C@@H]1CN(c1ccc(C#N)c(C(F)(F)F)c1)C2. The predicted molar refractivity (Wildman–Crippen MR) is 119 cm³/mol. The molecule has 1 aliphatic carbocycles. The molecule has 4 rings (SSSR count). The van der Waals surface area contributed by atoms with Gasteiger partial charge in [0.1, 0.15) is 0 Å². The number of hydrogen-bond acceptors (Lipinski definition) is 4. The molecule has 33 heavy (non-hydrogen) atoms. The highest BCUT2D eigenvalue weighted by Gasteiger charge is 2.51. The van der Waals surface area contributed by atoms with E-state index in [4.69, 9.17) is 10.00 Å². The lowest BCUT2D eigenvalue weighted by Crippen LogP contribution is -2.52. The standard InChI is InChI=1S/C25H32F3N3O2/c1-2-33-17-24-10-11-30(23(32)18-6-4-3-5-7-18)14-20(24)15-31(16-24)21-9-8-19(13-29)22(12-21)25(26,27)28/h8-9,12,18,20H,2-7,10-11,14-17H2,1H3/t20-,24+/m1/s1. The zero-order valence-electron chi connectivity index (χ0n) is 19.2. The second kappa shape index (κ2) is 9.54. The van der Waals surface area contributed by atoms with E-state index in [1.807, 2.05) is 16.7 Å². The van der Waals surface area contributed by atoms with Gasteiger partial charge >= 0.3 is 6.18 Å². The molecule has 1 aromatic rings. The van der Waals surface area contributed by atoms with Crippen molar-refractivity contribution >= 4 is 11.6 Å². The van der Waals surface area contributed by atoms with Gasteiger partial charge in [-0.25, -0.2) is 0 Å². The van der Waals surface area contributed by atoms with Gasteiger partial charge in [0.25, 0.3) is 0 Å². The summed E-state index contributed by atoms with van der Waals surface area (Å²) in [7, 11) is 0. The fraction of sp³-hybridized carbons (Fsp3) is 0.680. The summed E-state index contributed by atoms with van der Waals surface area (Å²) in [4.78, 5) is 17.1. The van der Waals surface area contributed by atoms with Crippen LogP contribution in [0.15, 0.2) is 18.2 Å².